The van der Waals surface area contributed by atoms with E-state index < -0.39 is 63.3 Å². The third kappa shape index (κ3) is 5.22. The van der Waals surface area contributed by atoms with E-state index in [1.165, 1.54) is 33.1 Å². The van der Waals surface area contributed by atoms with Crippen LogP contribution in [-0.2, 0) is 26.2 Å². The van der Waals surface area contributed by atoms with E-state index in [0.717, 1.165) is 12.1 Å². The van der Waals surface area contributed by atoms with Gasteiger partial charge in [0.25, 0.3) is 5.91 Å². The highest BCUT2D eigenvalue weighted by atomic mass is 35.5. The molecule has 0 fully saturated rings. The van der Waals surface area contributed by atoms with Crippen LogP contribution in [0.5, 0.6) is 5.75 Å². The maximum atomic E-state index is 16.8. The van der Waals surface area contributed by atoms with Crippen LogP contribution in [0.1, 0.15) is 51.3 Å². The second-order valence-electron chi connectivity index (χ2n) is 9.93. The summed E-state index contributed by atoms with van der Waals surface area (Å²) in [6.07, 6.45) is -4.86. The maximum absolute atomic E-state index is 16.8. The minimum atomic E-state index is -4.86. The highest BCUT2D eigenvalue weighted by Gasteiger charge is 2.57. The molecule has 1 unspecified atom stereocenters. The van der Waals surface area contributed by atoms with Gasteiger partial charge in [0.15, 0.2) is 0 Å². The first kappa shape index (κ1) is 28.2. The minimum absolute atomic E-state index is 0.0167. The predicted octanol–water partition coefficient (Wildman–Crippen LogP) is 5.76. The van der Waals surface area contributed by atoms with Crippen molar-refractivity contribution in [1.29, 1.82) is 0 Å². The molecule has 7 nitrogen and oxygen atoms in total. The first-order valence-corrected chi connectivity index (χ1v) is 11.4. The summed E-state index contributed by atoms with van der Waals surface area (Å²) in [6.45, 7) is 7.33. The minimum Gasteiger partial charge on any atom is -0.496 e. The lowest BCUT2D eigenvalue weighted by molar-refractivity contribution is -0.161. The fourth-order valence-corrected chi connectivity index (χ4v) is 3.93. The fraction of sp³-hybridized carbons (Fsp3) is 0.400. The van der Waals surface area contributed by atoms with Gasteiger partial charge in [-0.15, -0.1) is 0 Å². The van der Waals surface area contributed by atoms with Crippen molar-refractivity contribution in [1.82, 2.24) is 5.32 Å². The lowest BCUT2D eigenvalue weighted by Gasteiger charge is -2.30. The Bertz CT molecular complexity index is 1270. The number of imide groups is 1. The highest BCUT2D eigenvalue weighted by molar-refractivity contribution is 6.31. The SMILES string of the molecule is COc1ccc(Cl)cc1C1(F)C(=O)N(C(=O)NC(C)(C)C(=O)OC(C)(C)C)c2cc(C(F)(F)F)ccc21. The molecule has 37 heavy (non-hydrogen) atoms. The molecule has 200 valence electrons. The van der Waals surface area contributed by atoms with Crippen molar-refractivity contribution in [3.8, 4) is 5.75 Å². The molecule has 2 aromatic carbocycles. The summed E-state index contributed by atoms with van der Waals surface area (Å²) in [7, 11) is 1.21. The molecular formula is C25H25ClF4N2O5. The number of ether oxygens (including phenoxy) is 2. The molecular weight excluding hydrogens is 520 g/mol. The lowest BCUT2D eigenvalue weighted by atomic mass is 9.88. The number of carbonyl (C=O) groups excluding carboxylic acids is 3. The molecule has 0 saturated heterocycles. The molecule has 1 heterocycles. The Balaban J connectivity index is 2.17. The van der Waals surface area contributed by atoms with Crippen LogP contribution in [0.25, 0.3) is 0 Å². The molecule has 2 aromatic rings. The molecule has 1 aliphatic rings. The summed E-state index contributed by atoms with van der Waals surface area (Å²) in [4.78, 5) is 39.7. The van der Waals surface area contributed by atoms with Gasteiger partial charge in [-0.1, -0.05) is 17.7 Å². The smallest absolute Gasteiger partial charge is 0.416 e. The molecule has 0 saturated carbocycles. The molecule has 1 aliphatic heterocycles. The number of alkyl halides is 4. The topological polar surface area (TPSA) is 84.9 Å². The van der Waals surface area contributed by atoms with Crippen LogP contribution >= 0.6 is 11.6 Å². The summed E-state index contributed by atoms with van der Waals surface area (Å²) in [6, 6.07) is 4.28. The predicted molar refractivity (Wildman–Crippen MR) is 127 cm³/mol. The van der Waals surface area contributed by atoms with Gasteiger partial charge in [0.1, 0.15) is 16.9 Å². The second-order valence-corrected chi connectivity index (χ2v) is 10.4. The first-order valence-electron chi connectivity index (χ1n) is 11.0. The number of esters is 1. The number of nitrogens with zero attached hydrogens (tertiary/aromatic N) is 1. The zero-order valence-corrected chi connectivity index (χ0v) is 21.6. The highest BCUT2D eigenvalue weighted by Crippen LogP contribution is 2.51. The molecule has 0 aliphatic carbocycles. The average Bonchev–Trinajstić information content (AvgIpc) is 2.99. The van der Waals surface area contributed by atoms with Crippen molar-refractivity contribution in [3.05, 3.63) is 58.1 Å². The van der Waals surface area contributed by atoms with Gasteiger partial charge in [0.05, 0.1) is 18.4 Å². The van der Waals surface area contributed by atoms with Crippen molar-refractivity contribution in [2.75, 3.05) is 12.0 Å². The van der Waals surface area contributed by atoms with E-state index in [1.807, 2.05) is 0 Å². The Morgan fingerprint density at radius 2 is 1.62 bits per heavy atom. The Labute approximate surface area is 215 Å². The van der Waals surface area contributed by atoms with Crippen LogP contribution in [0.3, 0.4) is 0 Å². The first-order chi connectivity index (χ1) is 16.8. The molecule has 3 amide bonds. The van der Waals surface area contributed by atoms with E-state index in [-0.39, 0.29) is 15.7 Å². The number of amides is 3. The summed E-state index contributed by atoms with van der Waals surface area (Å²) in [5, 5.41) is 2.28. The summed E-state index contributed by atoms with van der Waals surface area (Å²) >= 11 is 6.02. The number of hydrogen-bond acceptors (Lipinski definition) is 5. The van der Waals surface area contributed by atoms with E-state index in [0.29, 0.717) is 12.1 Å². The van der Waals surface area contributed by atoms with E-state index in [1.54, 1.807) is 20.8 Å². The van der Waals surface area contributed by atoms with Gasteiger partial charge in [-0.2, -0.15) is 13.2 Å². The fourth-order valence-electron chi connectivity index (χ4n) is 3.75. The zero-order chi connectivity index (χ0) is 28.1. The largest absolute Gasteiger partial charge is 0.496 e. The number of rotatable bonds is 4. The van der Waals surface area contributed by atoms with E-state index in [9.17, 15) is 27.6 Å². The molecule has 3 rings (SSSR count). The number of anilines is 1. The molecule has 0 bridgehead atoms. The monoisotopic (exact) mass is 544 g/mol. The number of methoxy groups -OCH3 is 1. The van der Waals surface area contributed by atoms with Gasteiger partial charge in [-0.3, -0.25) is 4.79 Å². The Hall–Kier alpha value is -3.34. The molecule has 0 radical (unpaired) electrons. The lowest BCUT2D eigenvalue weighted by Crippen LogP contribution is -2.57. The number of halogens is 5. The number of urea groups is 1. The zero-order valence-electron chi connectivity index (χ0n) is 20.8. The number of fused-ring (bicyclic) bond motifs is 1. The summed E-state index contributed by atoms with van der Waals surface area (Å²) in [5.74, 6) is -2.52. The van der Waals surface area contributed by atoms with Gasteiger partial charge in [-0.25, -0.2) is 18.9 Å². The van der Waals surface area contributed by atoms with Crippen LogP contribution in [0.4, 0.5) is 28.0 Å². The quantitative estimate of drug-likeness (QED) is 0.391. The van der Waals surface area contributed by atoms with Crippen LogP contribution in [0, 0.1) is 0 Å². The van der Waals surface area contributed by atoms with Gasteiger partial charge in [0, 0.05) is 16.1 Å². The van der Waals surface area contributed by atoms with Crippen LogP contribution < -0.4 is 15.0 Å². The van der Waals surface area contributed by atoms with Crippen molar-refractivity contribution < 1.29 is 41.4 Å². The van der Waals surface area contributed by atoms with E-state index in [4.69, 9.17) is 21.1 Å². The van der Waals surface area contributed by atoms with Crippen molar-refractivity contribution in [3.63, 3.8) is 0 Å². The van der Waals surface area contributed by atoms with Gasteiger partial charge < -0.3 is 14.8 Å². The Kier molecular flexibility index (Phi) is 7.02. The standard InChI is InChI=1S/C25H25ClF4N2O5/c1-22(2,3)37-20(34)23(4,5)31-21(35)32-17-11-13(25(28,29)30)7-9-15(17)24(27,19(32)33)16-12-14(26)8-10-18(16)36-6/h7-12H,1-6H3,(H,31,35). The number of nitrogens with one attached hydrogen (secondary N) is 1. The third-order valence-corrected chi connectivity index (χ3v) is 5.73. The van der Waals surface area contributed by atoms with E-state index in [2.05, 4.69) is 5.32 Å². The molecule has 1 atom stereocenters. The Morgan fingerprint density at radius 3 is 2.16 bits per heavy atom. The normalized spacial score (nSPS) is 17.9. The van der Waals surface area contributed by atoms with Gasteiger partial charge in [0.2, 0.25) is 5.67 Å². The average molecular weight is 545 g/mol. The molecule has 0 spiro atoms. The van der Waals surface area contributed by atoms with Crippen LogP contribution in [0.2, 0.25) is 5.02 Å². The molecule has 0 aromatic heterocycles. The molecule has 1 N–H and O–H groups in total. The summed E-state index contributed by atoms with van der Waals surface area (Å²) in [5.41, 5.74) is -8.60. The van der Waals surface area contributed by atoms with Crippen LogP contribution in [0.15, 0.2) is 36.4 Å². The number of benzene rings is 2. The van der Waals surface area contributed by atoms with Gasteiger partial charge >= 0.3 is 18.2 Å². The van der Waals surface area contributed by atoms with E-state index >= 15 is 4.39 Å². The van der Waals surface area contributed by atoms with Crippen molar-refractivity contribution in [2.24, 2.45) is 0 Å². The Morgan fingerprint density at radius 1 is 1.00 bits per heavy atom. The molecule has 12 heteroatoms. The van der Waals surface area contributed by atoms with Crippen molar-refractivity contribution in [2.45, 2.75) is 57.6 Å². The van der Waals surface area contributed by atoms with Crippen LogP contribution in [-0.4, -0.2) is 36.2 Å². The van der Waals surface area contributed by atoms with Crippen molar-refractivity contribution >= 4 is 35.2 Å². The third-order valence-electron chi connectivity index (χ3n) is 5.50. The van der Waals surface area contributed by atoms with Gasteiger partial charge in [-0.05, 0) is 65.0 Å². The maximum Gasteiger partial charge on any atom is 0.416 e. The second kappa shape index (κ2) is 9.20. The number of hydrogen-bond donors (Lipinski definition) is 1. The number of carbonyl (C=O) groups is 3. The summed E-state index contributed by atoms with van der Waals surface area (Å²) < 4.78 is 67.8.